The molecule has 6 heteroatoms. The lowest BCUT2D eigenvalue weighted by molar-refractivity contribution is 0.235. The van der Waals surface area contributed by atoms with Gasteiger partial charge in [-0.15, -0.1) is 0 Å². The summed E-state index contributed by atoms with van der Waals surface area (Å²) in [6, 6.07) is 15.6. The highest BCUT2D eigenvalue weighted by atomic mass is 32.2. The maximum atomic E-state index is 12.1. The SMILES string of the molecule is CC(NC(=O)NC(C)c1ccc(S(C)(=O)=O)cc1)c1ccccc1. The Morgan fingerprint density at radius 3 is 1.75 bits per heavy atom. The van der Waals surface area contributed by atoms with Crippen LogP contribution in [0, 0.1) is 0 Å². The van der Waals surface area contributed by atoms with E-state index >= 15 is 0 Å². The first-order valence-electron chi connectivity index (χ1n) is 7.69. The van der Waals surface area contributed by atoms with E-state index in [-0.39, 0.29) is 23.0 Å². The van der Waals surface area contributed by atoms with E-state index < -0.39 is 9.84 Å². The van der Waals surface area contributed by atoms with Crippen molar-refractivity contribution in [3.63, 3.8) is 0 Å². The number of nitrogens with one attached hydrogen (secondary N) is 2. The minimum Gasteiger partial charge on any atom is -0.332 e. The van der Waals surface area contributed by atoms with E-state index in [1.165, 1.54) is 6.26 Å². The second-order valence-electron chi connectivity index (χ2n) is 5.81. The molecule has 2 rings (SSSR count). The van der Waals surface area contributed by atoms with Gasteiger partial charge in [0.15, 0.2) is 9.84 Å². The van der Waals surface area contributed by atoms with E-state index in [0.717, 1.165) is 11.1 Å². The molecule has 0 aliphatic heterocycles. The van der Waals surface area contributed by atoms with Crippen molar-refractivity contribution >= 4 is 15.9 Å². The van der Waals surface area contributed by atoms with Gasteiger partial charge < -0.3 is 10.6 Å². The number of sulfone groups is 1. The van der Waals surface area contributed by atoms with Crippen LogP contribution in [0.15, 0.2) is 59.5 Å². The van der Waals surface area contributed by atoms with E-state index in [2.05, 4.69) is 10.6 Å². The number of urea groups is 1. The molecule has 0 aliphatic carbocycles. The zero-order chi connectivity index (χ0) is 17.7. The first-order valence-corrected chi connectivity index (χ1v) is 9.58. The molecule has 128 valence electrons. The summed E-state index contributed by atoms with van der Waals surface area (Å²) in [6.07, 6.45) is 1.17. The topological polar surface area (TPSA) is 75.3 Å². The Kier molecular flexibility index (Phi) is 5.62. The minimum absolute atomic E-state index is 0.106. The van der Waals surface area contributed by atoms with Crippen LogP contribution in [-0.4, -0.2) is 20.7 Å². The summed E-state index contributed by atoms with van der Waals surface area (Å²) < 4.78 is 22.9. The monoisotopic (exact) mass is 346 g/mol. The molecule has 0 fully saturated rings. The second-order valence-corrected chi connectivity index (χ2v) is 7.83. The predicted molar refractivity (Wildman–Crippen MR) is 94.5 cm³/mol. The van der Waals surface area contributed by atoms with Crippen LogP contribution in [0.1, 0.15) is 37.1 Å². The van der Waals surface area contributed by atoms with Crippen molar-refractivity contribution in [2.24, 2.45) is 0 Å². The lowest BCUT2D eigenvalue weighted by Crippen LogP contribution is -2.38. The van der Waals surface area contributed by atoms with Gasteiger partial charge in [0.2, 0.25) is 0 Å². The van der Waals surface area contributed by atoms with Crippen LogP contribution in [0.3, 0.4) is 0 Å². The third-order valence-electron chi connectivity index (χ3n) is 3.80. The Hall–Kier alpha value is -2.34. The fourth-order valence-corrected chi connectivity index (χ4v) is 2.98. The molecule has 2 unspecified atom stereocenters. The number of carbonyl (C=O) groups excluding carboxylic acids is 1. The predicted octanol–water partition coefficient (Wildman–Crippen LogP) is 3.21. The Labute approximate surface area is 143 Å². The van der Waals surface area contributed by atoms with Gasteiger partial charge in [-0.1, -0.05) is 42.5 Å². The lowest BCUT2D eigenvalue weighted by atomic mass is 10.1. The summed E-state index contributed by atoms with van der Waals surface area (Å²) in [6.45, 7) is 3.77. The quantitative estimate of drug-likeness (QED) is 0.873. The fourth-order valence-electron chi connectivity index (χ4n) is 2.35. The van der Waals surface area contributed by atoms with Crippen LogP contribution in [0.4, 0.5) is 4.79 Å². The van der Waals surface area contributed by atoms with E-state index in [1.807, 2.05) is 44.2 Å². The molecular weight excluding hydrogens is 324 g/mol. The minimum atomic E-state index is -3.21. The maximum absolute atomic E-state index is 12.1. The van der Waals surface area contributed by atoms with Crippen molar-refractivity contribution in [2.75, 3.05) is 6.26 Å². The molecule has 0 saturated heterocycles. The van der Waals surface area contributed by atoms with Gasteiger partial charge in [0, 0.05) is 6.26 Å². The highest BCUT2D eigenvalue weighted by Crippen LogP contribution is 2.17. The van der Waals surface area contributed by atoms with E-state index in [0.29, 0.717) is 0 Å². The second kappa shape index (κ2) is 7.49. The summed E-state index contributed by atoms with van der Waals surface area (Å²) >= 11 is 0. The molecule has 2 aromatic carbocycles. The molecule has 24 heavy (non-hydrogen) atoms. The van der Waals surface area contributed by atoms with Crippen molar-refractivity contribution in [3.8, 4) is 0 Å². The van der Waals surface area contributed by atoms with E-state index in [9.17, 15) is 13.2 Å². The fraction of sp³-hybridized carbons (Fsp3) is 0.278. The van der Waals surface area contributed by atoms with Gasteiger partial charge >= 0.3 is 6.03 Å². The highest BCUT2D eigenvalue weighted by Gasteiger charge is 2.14. The van der Waals surface area contributed by atoms with Crippen LogP contribution < -0.4 is 10.6 Å². The Bertz CT molecular complexity index is 787. The summed E-state index contributed by atoms with van der Waals surface area (Å²) in [5.74, 6) is 0. The summed E-state index contributed by atoms with van der Waals surface area (Å²) in [5.41, 5.74) is 1.86. The summed E-state index contributed by atoms with van der Waals surface area (Å²) in [7, 11) is -3.21. The third kappa shape index (κ3) is 4.83. The molecule has 2 aromatic rings. The van der Waals surface area contributed by atoms with Crippen molar-refractivity contribution in [2.45, 2.75) is 30.8 Å². The number of carbonyl (C=O) groups is 1. The molecule has 5 nitrogen and oxygen atoms in total. The van der Waals surface area contributed by atoms with E-state index in [4.69, 9.17) is 0 Å². The average molecular weight is 346 g/mol. The van der Waals surface area contributed by atoms with Crippen LogP contribution in [-0.2, 0) is 9.84 Å². The third-order valence-corrected chi connectivity index (χ3v) is 4.93. The van der Waals surface area contributed by atoms with Gasteiger partial charge in [-0.25, -0.2) is 13.2 Å². The normalized spacial score (nSPS) is 13.8. The summed E-state index contributed by atoms with van der Waals surface area (Å²) in [4.78, 5) is 12.4. The largest absolute Gasteiger partial charge is 0.332 e. The molecule has 0 spiro atoms. The van der Waals surface area contributed by atoms with Gasteiger partial charge in [-0.3, -0.25) is 0 Å². The molecule has 0 heterocycles. The van der Waals surface area contributed by atoms with Crippen LogP contribution in [0.25, 0.3) is 0 Å². The molecule has 2 atom stereocenters. The van der Waals surface area contributed by atoms with Crippen LogP contribution >= 0.6 is 0 Å². The zero-order valence-corrected chi connectivity index (χ0v) is 14.8. The van der Waals surface area contributed by atoms with Crippen molar-refractivity contribution in [1.29, 1.82) is 0 Å². The number of hydrogen-bond acceptors (Lipinski definition) is 3. The molecule has 0 aliphatic rings. The van der Waals surface area contributed by atoms with Crippen molar-refractivity contribution < 1.29 is 13.2 Å². The standard InChI is InChI=1S/C18H22N2O3S/c1-13(15-7-5-4-6-8-15)19-18(21)20-14(2)16-9-11-17(12-10-16)24(3,22)23/h4-14H,1-3H3,(H2,19,20,21). The summed E-state index contributed by atoms with van der Waals surface area (Å²) in [5, 5.41) is 5.74. The van der Waals surface area contributed by atoms with Gasteiger partial charge in [0.1, 0.15) is 0 Å². The lowest BCUT2D eigenvalue weighted by Gasteiger charge is -2.19. The zero-order valence-electron chi connectivity index (χ0n) is 14.0. The molecule has 2 amide bonds. The number of amides is 2. The van der Waals surface area contributed by atoms with Crippen molar-refractivity contribution in [1.82, 2.24) is 10.6 Å². The maximum Gasteiger partial charge on any atom is 0.315 e. The smallest absolute Gasteiger partial charge is 0.315 e. The Morgan fingerprint density at radius 1 is 0.833 bits per heavy atom. The number of benzene rings is 2. The molecule has 2 N–H and O–H groups in total. The number of hydrogen-bond donors (Lipinski definition) is 2. The van der Waals surface area contributed by atoms with Crippen LogP contribution in [0.5, 0.6) is 0 Å². The first kappa shape index (κ1) is 18.0. The van der Waals surface area contributed by atoms with Gasteiger partial charge in [-0.05, 0) is 37.1 Å². The van der Waals surface area contributed by atoms with Gasteiger partial charge in [0.25, 0.3) is 0 Å². The Balaban J connectivity index is 1.96. The van der Waals surface area contributed by atoms with Gasteiger partial charge in [-0.2, -0.15) is 0 Å². The average Bonchev–Trinajstić information content (AvgIpc) is 2.54. The van der Waals surface area contributed by atoms with Crippen molar-refractivity contribution in [3.05, 3.63) is 65.7 Å². The first-order chi connectivity index (χ1) is 11.3. The van der Waals surface area contributed by atoms with Crippen LogP contribution in [0.2, 0.25) is 0 Å². The number of rotatable bonds is 5. The molecule has 0 radical (unpaired) electrons. The highest BCUT2D eigenvalue weighted by molar-refractivity contribution is 7.90. The van der Waals surface area contributed by atoms with Gasteiger partial charge in [0.05, 0.1) is 17.0 Å². The molecule has 0 aromatic heterocycles. The molecule has 0 bridgehead atoms. The van der Waals surface area contributed by atoms with E-state index in [1.54, 1.807) is 24.3 Å². The Morgan fingerprint density at radius 2 is 1.29 bits per heavy atom. The molecule has 0 saturated carbocycles. The molecular formula is C18H22N2O3S.